The zero-order valence-electron chi connectivity index (χ0n) is 13.0. The van der Waals surface area contributed by atoms with Gasteiger partial charge in [0, 0.05) is 12.0 Å². The van der Waals surface area contributed by atoms with E-state index in [-0.39, 0.29) is 22.9 Å². The number of ketones is 1. The van der Waals surface area contributed by atoms with E-state index < -0.39 is 0 Å². The quantitative estimate of drug-likeness (QED) is 0.856. The van der Waals surface area contributed by atoms with Crippen molar-refractivity contribution < 1.29 is 4.79 Å². The number of aromatic nitrogens is 2. The Morgan fingerprint density at radius 3 is 2.43 bits per heavy atom. The molecule has 1 atom stereocenters. The molecular weight excluding hydrogens is 292 g/mol. The Kier molecular flexibility index (Phi) is 3.11. The molecule has 2 heterocycles. The maximum atomic E-state index is 13.0. The molecule has 2 aromatic rings. The Balaban J connectivity index is 2.14. The molecule has 1 aromatic heterocycles. The molecule has 0 radical (unpaired) electrons. The smallest absolute Gasteiger partial charge is 0.277 e. The predicted octanol–water partition coefficient (Wildman–Crippen LogP) is 2.48. The maximum Gasteiger partial charge on any atom is 0.277 e. The van der Waals surface area contributed by atoms with Gasteiger partial charge in [0.05, 0.1) is 22.5 Å². The van der Waals surface area contributed by atoms with Crippen LogP contribution in [0.15, 0.2) is 39.4 Å². The summed E-state index contributed by atoms with van der Waals surface area (Å²) in [5.41, 5.74) is 1.06. The van der Waals surface area contributed by atoms with Gasteiger partial charge in [0.25, 0.3) is 11.1 Å². The van der Waals surface area contributed by atoms with Crippen molar-refractivity contribution in [2.75, 3.05) is 0 Å². The van der Waals surface area contributed by atoms with E-state index in [4.69, 9.17) is 0 Å². The molecule has 0 fully saturated rings. The molecule has 0 amide bonds. The second-order valence-electron chi connectivity index (χ2n) is 6.25. The standard InChI is InChI=1S/C18H18N2O3/c1-2-6-13-16-14(9-5-10-15(16)21)20-18(23)12-8-4-3-7-11(12)17(22)19(13)20/h3-4,7-8,13H,2,5-6,9-10H2,1H3. The first-order valence-electron chi connectivity index (χ1n) is 8.18. The van der Waals surface area contributed by atoms with Crippen LogP contribution in [0.25, 0.3) is 16.5 Å². The molecule has 23 heavy (non-hydrogen) atoms. The van der Waals surface area contributed by atoms with E-state index >= 15 is 0 Å². The fraction of sp³-hybridized carbons (Fsp3) is 0.389. The normalized spacial score (nSPS) is 20.0. The van der Waals surface area contributed by atoms with Crippen molar-refractivity contribution in [2.45, 2.75) is 45.1 Å². The molecule has 0 spiro atoms. The van der Waals surface area contributed by atoms with E-state index in [1.165, 1.54) is 9.36 Å². The number of rotatable bonds is 2. The Labute approximate surface area is 132 Å². The highest BCUT2D eigenvalue weighted by Crippen LogP contribution is 2.39. The van der Waals surface area contributed by atoms with Gasteiger partial charge >= 0.3 is 0 Å². The lowest BCUT2D eigenvalue weighted by molar-refractivity contribution is -0.116. The number of hydrogen-bond donors (Lipinski definition) is 0. The van der Waals surface area contributed by atoms with Crippen LogP contribution in [-0.2, 0) is 4.79 Å². The van der Waals surface area contributed by atoms with Gasteiger partial charge in [-0.3, -0.25) is 14.4 Å². The highest BCUT2D eigenvalue weighted by Gasteiger charge is 2.38. The number of benzene rings is 1. The van der Waals surface area contributed by atoms with Gasteiger partial charge in [-0.05, 0) is 31.4 Å². The van der Waals surface area contributed by atoms with Crippen LogP contribution in [0.1, 0.15) is 45.1 Å². The van der Waals surface area contributed by atoms with E-state index in [1.54, 1.807) is 24.3 Å². The highest BCUT2D eigenvalue weighted by molar-refractivity contribution is 6.03. The Bertz CT molecular complexity index is 978. The van der Waals surface area contributed by atoms with E-state index in [0.717, 1.165) is 18.5 Å². The summed E-state index contributed by atoms with van der Waals surface area (Å²) in [7, 11) is 0. The van der Waals surface area contributed by atoms with Crippen LogP contribution in [0.4, 0.5) is 0 Å². The minimum Gasteiger partial charge on any atom is -0.294 e. The zero-order valence-corrected chi connectivity index (χ0v) is 13.0. The minimum atomic E-state index is -0.299. The Morgan fingerprint density at radius 1 is 1.04 bits per heavy atom. The minimum absolute atomic E-state index is 0.0868. The fourth-order valence-corrected chi connectivity index (χ4v) is 3.92. The number of Topliss-reactive ketones (excluding diaryl/α,β-unsaturated/α-hetero) is 1. The molecule has 2 aliphatic rings. The third-order valence-electron chi connectivity index (χ3n) is 4.88. The van der Waals surface area contributed by atoms with Gasteiger partial charge in [-0.2, -0.15) is 0 Å². The van der Waals surface area contributed by atoms with Crippen LogP contribution in [0.3, 0.4) is 0 Å². The lowest BCUT2D eigenvalue weighted by atomic mass is 9.89. The van der Waals surface area contributed by atoms with Crippen molar-refractivity contribution >= 4 is 22.3 Å². The maximum absolute atomic E-state index is 13.0. The fourth-order valence-electron chi connectivity index (χ4n) is 3.92. The topological polar surface area (TPSA) is 61.1 Å². The summed E-state index contributed by atoms with van der Waals surface area (Å²) in [5.74, 6) is 0.0868. The highest BCUT2D eigenvalue weighted by atomic mass is 16.2. The second kappa shape index (κ2) is 5.05. The predicted molar refractivity (Wildman–Crippen MR) is 88.5 cm³/mol. The van der Waals surface area contributed by atoms with Gasteiger partial charge in [-0.25, -0.2) is 9.36 Å². The number of allylic oxidation sites excluding steroid dienone is 2. The van der Waals surface area contributed by atoms with Crippen LogP contribution in [0, 0.1) is 0 Å². The second-order valence-corrected chi connectivity index (χ2v) is 6.25. The van der Waals surface area contributed by atoms with E-state index in [2.05, 4.69) is 0 Å². The molecule has 1 aliphatic carbocycles. The van der Waals surface area contributed by atoms with Crippen LogP contribution in [0.5, 0.6) is 0 Å². The lowest BCUT2D eigenvalue weighted by Crippen LogP contribution is -2.36. The third-order valence-corrected chi connectivity index (χ3v) is 4.88. The van der Waals surface area contributed by atoms with Gasteiger partial charge in [0.2, 0.25) is 0 Å². The SMILES string of the molecule is CCCC1C2=C(CCCC2=O)n2c(=O)c3ccccc3c(=O)n21. The summed E-state index contributed by atoms with van der Waals surface area (Å²) >= 11 is 0. The molecule has 4 rings (SSSR count). The van der Waals surface area contributed by atoms with Gasteiger partial charge in [0.15, 0.2) is 5.78 Å². The molecule has 5 heteroatoms. The first kappa shape index (κ1) is 14.2. The van der Waals surface area contributed by atoms with Crippen molar-refractivity contribution in [3.8, 4) is 0 Å². The monoisotopic (exact) mass is 310 g/mol. The average Bonchev–Trinajstić information content (AvgIpc) is 2.89. The first-order chi connectivity index (χ1) is 11.1. The molecule has 1 aromatic carbocycles. The lowest BCUT2D eigenvalue weighted by Gasteiger charge is -2.17. The zero-order chi connectivity index (χ0) is 16.1. The molecule has 0 N–H and O–H groups in total. The average molecular weight is 310 g/mol. The number of fused-ring (bicyclic) bond motifs is 3. The van der Waals surface area contributed by atoms with Crippen LogP contribution < -0.4 is 11.1 Å². The van der Waals surface area contributed by atoms with E-state index in [1.807, 2.05) is 6.92 Å². The van der Waals surface area contributed by atoms with Gasteiger partial charge in [-0.1, -0.05) is 25.5 Å². The first-order valence-corrected chi connectivity index (χ1v) is 8.18. The summed E-state index contributed by atoms with van der Waals surface area (Å²) in [4.78, 5) is 38.4. The Hall–Kier alpha value is -2.43. The van der Waals surface area contributed by atoms with Crippen molar-refractivity contribution in [1.82, 2.24) is 9.36 Å². The van der Waals surface area contributed by atoms with Crippen LogP contribution in [-0.4, -0.2) is 15.1 Å². The summed E-state index contributed by atoms with van der Waals surface area (Å²) in [5, 5.41) is 0.859. The van der Waals surface area contributed by atoms with Crippen molar-refractivity contribution in [3.63, 3.8) is 0 Å². The van der Waals surface area contributed by atoms with Gasteiger partial charge in [0.1, 0.15) is 0 Å². The van der Waals surface area contributed by atoms with Gasteiger partial charge in [-0.15, -0.1) is 0 Å². The largest absolute Gasteiger partial charge is 0.294 e. The van der Waals surface area contributed by atoms with Crippen molar-refractivity contribution in [1.29, 1.82) is 0 Å². The molecule has 1 unspecified atom stereocenters. The molecule has 0 saturated carbocycles. The van der Waals surface area contributed by atoms with Crippen molar-refractivity contribution in [3.05, 3.63) is 50.5 Å². The molecule has 118 valence electrons. The van der Waals surface area contributed by atoms with Crippen molar-refractivity contribution in [2.24, 2.45) is 0 Å². The number of nitrogens with zero attached hydrogens (tertiary/aromatic N) is 2. The van der Waals surface area contributed by atoms with E-state index in [0.29, 0.717) is 35.6 Å². The Morgan fingerprint density at radius 2 is 1.74 bits per heavy atom. The molecule has 0 bridgehead atoms. The molecular formula is C18H18N2O3. The number of carbonyl (C=O) groups excluding carboxylic acids is 1. The van der Waals surface area contributed by atoms with Crippen LogP contribution >= 0.6 is 0 Å². The van der Waals surface area contributed by atoms with Crippen LogP contribution in [0.2, 0.25) is 0 Å². The summed E-state index contributed by atoms with van der Waals surface area (Å²) in [6, 6.07) is 6.61. The number of hydrogen-bond acceptors (Lipinski definition) is 3. The molecule has 5 nitrogen and oxygen atoms in total. The molecule has 1 aliphatic heterocycles. The third kappa shape index (κ3) is 1.82. The summed E-state index contributed by atoms with van der Waals surface area (Å²) in [6.45, 7) is 2.03. The van der Waals surface area contributed by atoms with E-state index in [9.17, 15) is 14.4 Å². The molecule has 0 saturated heterocycles. The number of carbonyl (C=O) groups is 1. The summed E-state index contributed by atoms with van der Waals surface area (Å²) in [6.07, 6.45) is 3.48. The summed E-state index contributed by atoms with van der Waals surface area (Å²) < 4.78 is 3.01. The van der Waals surface area contributed by atoms with Gasteiger partial charge < -0.3 is 0 Å².